The van der Waals surface area contributed by atoms with Gasteiger partial charge in [0.2, 0.25) is 0 Å². The van der Waals surface area contributed by atoms with Crippen LogP contribution in [0.15, 0.2) is 12.3 Å². The number of nitrogens with one attached hydrogen (secondary N) is 2. The molecule has 6 heteroatoms. The number of hydrogen-bond donors (Lipinski definition) is 2. The lowest BCUT2D eigenvalue weighted by molar-refractivity contribution is -0.143. The van der Waals surface area contributed by atoms with Gasteiger partial charge in [-0.15, -0.1) is 0 Å². The lowest BCUT2D eigenvalue weighted by atomic mass is 10.1. The zero-order valence-electron chi connectivity index (χ0n) is 15.0. The Balaban J connectivity index is 1.88. The van der Waals surface area contributed by atoms with Crippen LogP contribution in [0.5, 0.6) is 0 Å². The van der Waals surface area contributed by atoms with Crippen LogP contribution >= 0.6 is 0 Å². The van der Waals surface area contributed by atoms with E-state index in [4.69, 9.17) is 9.47 Å². The molecular formula is C18H28N2O4. The molecule has 1 fully saturated rings. The second-order valence-electron chi connectivity index (χ2n) is 7.34. The molecule has 134 valence electrons. The van der Waals surface area contributed by atoms with Gasteiger partial charge in [-0.1, -0.05) is 12.8 Å². The van der Waals surface area contributed by atoms with Crippen LogP contribution in [-0.2, 0) is 20.7 Å². The summed E-state index contributed by atoms with van der Waals surface area (Å²) < 4.78 is 10.3. The molecule has 1 aromatic rings. The molecule has 1 atom stereocenters. The SMILES string of the molecule is COC(=O)C(CC1CC1)NCCc1cc[nH]c1C(=O)OC(C)(C)C. The van der Waals surface area contributed by atoms with Gasteiger partial charge in [0, 0.05) is 12.7 Å². The molecule has 1 heterocycles. The van der Waals surface area contributed by atoms with Crippen molar-refractivity contribution >= 4 is 11.9 Å². The average molecular weight is 336 g/mol. The van der Waals surface area contributed by atoms with Crippen molar-refractivity contribution in [2.75, 3.05) is 13.7 Å². The molecule has 6 nitrogen and oxygen atoms in total. The largest absolute Gasteiger partial charge is 0.468 e. The van der Waals surface area contributed by atoms with Gasteiger partial charge >= 0.3 is 11.9 Å². The standard InChI is InChI=1S/C18H28N2O4/c1-18(2,3)24-17(22)15-13(8-10-20-15)7-9-19-14(16(21)23-4)11-12-5-6-12/h8,10,12,14,19-20H,5-7,9,11H2,1-4H3. The average Bonchev–Trinajstić information content (AvgIpc) is 3.18. The van der Waals surface area contributed by atoms with Crippen LogP contribution in [0.2, 0.25) is 0 Å². The van der Waals surface area contributed by atoms with Crippen molar-refractivity contribution in [3.05, 3.63) is 23.5 Å². The number of esters is 2. The van der Waals surface area contributed by atoms with Gasteiger partial charge in [-0.05, 0) is 51.2 Å². The number of H-pyrrole nitrogens is 1. The third-order valence-electron chi connectivity index (χ3n) is 3.97. The lowest BCUT2D eigenvalue weighted by Gasteiger charge is -2.19. The Morgan fingerprint density at radius 3 is 2.67 bits per heavy atom. The predicted molar refractivity (Wildman–Crippen MR) is 90.8 cm³/mol. The van der Waals surface area contributed by atoms with Crippen molar-refractivity contribution in [1.82, 2.24) is 10.3 Å². The fourth-order valence-corrected chi connectivity index (χ4v) is 2.60. The van der Waals surface area contributed by atoms with Crippen molar-refractivity contribution in [2.45, 2.75) is 58.1 Å². The number of aromatic nitrogens is 1. The first-order chi connectivity index (χ1) is 11.3. The Morgan fingerprint density at radius 2 is 2.08 bits per heavy atom. The van der Waals surface area contributed by atoms with Gasteiger partial charge in [0.1, 0.15) is 17.3 Å². The maximum Gasteiger partial charge on any atom is 0.355 e. The summed E-state index contributed by atoms with van der Waals surface area (Å²) in [6.07, 6.45) is 5.57. The third-order valence-corrected chi connectivity index (χ3v) is 3.97. The summed E-state index contributed by atoms with van der Waals surface area (Å²) in [5, 5.41) is 3.25. The van der Waals surface area contributed by atoms with Crippen molar-refractivity contribution in [1.29, 1.82) is 0 Å². The fourth-order valence-electron chi connectivity index (χ4n) is 2.60. The zero-order chi connectivity index (χ0) is 17.7. The van der Waals surface area contributed by atoms with E-state index in [-0.39, 0.29) is 18.0 Å². The van der Waals surface area contributed by atoms with E-state index in [0.29, 0.717) is 24.6 Å². The monoisotopic (exact) mass is 336 g/mol. The Kier molecular flexibility index (Phi) is 6.04. The summed E-state index contributed by atoms with van der Waals surface area (Å²) in [5.74, 6) is 0.0551. The molecule has 2 rings (SSSR count). The van der Waals surface area contributed by atoms with E-state index in [1.54, 1.807) is 6.20 Å². The molecular weight excluding hydrogens is 308 g/mol. The van der Waals surface area contributed by atoms with E-state index in [2.05, 4.69) is 10.3 Å². The van der Waals surface area contributed by atoms with Crippen molar-refractivity contribution in [3.63, 3.8) is 0 Å². The first-order valence-electron chi connectivity index (χ1n) is 8.51. The van der Waals surface area contributed by atoms with Crippen LogP contribution in [0.1, 0.15) is 56.1 Å². The number of carbonyl (C=O) groups is 2. The summed E-state index contributed by atoms with van der Waals surface area (Å²) in [6, 6.07) is 1.60. The Morgan fingerprint density at radius 1 is 1.38 bits per heavy atom. The van der Waals surface area contributed by atoms with E-state index in [0.717, 1.165) is 12.0 Å². The van der Waals surface area contributed by atoms with Crippen LogP contribution in [-0.4, -0.2) is 42.2 Å². The van der Waals surface area contributed by atoms with Gasteiger partial charge in [-0.2, -0.15) is 0 Å². The van der Waals surface area contributed by atoms with E-state index < -0.39 is 5.60 Å². The van der Waals surface area contributed by atoms with Gasteiger partial charge in [-0.3, -0.25) is 4.79 Å². The first-order valence-corrected chi connectivity index (χ1v) is 8.51. The maximum atomic E-state index is 12.2. The topological polar surface area (TPSA) is 80.4 Å². The number of rotatable bonds is 8. The summed E-state index contributed by atoms with van der Waals surface area (Å²) in [4.78, 5) is 27.0. The maximum absolute atomic E-state index is 12.2. The number of hydrogen-bond acceptors (Lipinski definition) is 5. The first kappa shape index (κ1) is 18.5. The molecule has 0 aromatic carbocycles. The minimum Gasteiger partial charge on any atom is -0.468 e. The highest BCUT2D eigenvalue weighted by Crippen LogP contribution is 2.33. The molecule has 1 unspecified atom stereocenters. The third kappa shape index (κ3) is 5.67. The van der Waals surface area contributed by atoms with Gasteiger partial charge in [0.25, 0.3) is 0 Å². The second kappa shape index (κ2) is 7.83. The van der Waals surface area contributed by atoms with Gasteiger partial charge in [0.15, 0.2) is 0 Å². The quantitative estimate of drug-likeness (QED) is 0.713. The van der Waals surface area contributed by atoms with Crippen LogP contribution < -0.4 is 5.32 Å². The van der Waals surface area contributed by atoms with Crippen LogP contribution in [0.25, 0.3) is 0 Å². The number of ether oxygens (including phenoxy) is 2. The lowest BCUT2D eigenvalue weighted by Crippen LogP contribution is -2.39. The van der Waals surface area contributed by atoms with E-state index in [9.17, 15) is 9.59 Å². The molecule has 0 amide bonds. The molecule has 2 N–H and O–H groups in total. The van der Waals surface area contributed by atoms with Crippen molar-refractivity contribution in [2.24, 2.45) is 5.92 Å². The molecule has 0 bridgehead atoms. The highest BCUT2D eigenvalue weighted by Gasteiger charge is 2.29. The minimum atomic E-state index is -0.530. The van der Waals surface area contributed by atoms with E-state index >= 15 is 0 Å². The van der Waals surface area contributed by atoms with Crippen molar-refractivity contribution in [3.8, 4) is 0 Å². The fraction of sp³-hybridized carbons (Fsp3) is 0.667. The molecule has 0 spiro atoms. The number of carbonyl (C=O) groups excluding carboxylic acids is 2. The summed E-state index contributed by atoms with van der Waals surface area (Å²) >= 11 is 0. The van der Waals surface area contributed by atoms with E-state index in [1.165, 1.54) is 20.0 Å². The Bertz CT molecular complexity index is 570. The summed E-state index contributed by atoms with van der Waals surface area (Å²) in [5.41, 5.74) is 0.827. The van der Waals surface area contributed by atoms with E-state index in [1.807, 2.05) is 26.8 Å². The minimum absolute atomic E-state index is 0.219. The molecule has 1 saturated carbocycles. The van der Waals surface area contributed by atoms with Gasteiger partial charge in [0.05, 0.1) is 7.11 Å². The predicted octanol–water partition coefficient (Wildman–Crippen LogP) is 2.44. The second-order valence-corrected chi connectivity index (χ2v) is 7.34. The summed E-state index contributed by atoms with van der Waals surface area (Å²) in [7, 11) is 1.41. The molecule has 1 aliphatic carbocycles. The number of methoxy groups -OCH3 is 1. The van der Waals surface area contributed by atoms with Crippen molar-refractivity contribution < 1.29 is 19.1 Å². The Labute approximate surface area is 143 Å². The molecule has 1 aliphatic rings. The van der Waals surface area contributed by atoms with Gasteiger partial charge < -0.3 is 19.8 Å². The number of aromatic amines is 1. The highest BCUT2D eigenvalue weighted by atomic mass is 16.6. The van der Waals surface area contributed by atoms with Gasteiger partial charge in [-0.25, -0.2) is 4.79 Å². The molecule has 0 aliphatic heterocycles. The Hall–Kier alpha value is -1.82. The summed E-state index contributed by atoms with van der Waals surface area (Å²) in [6.45, 7) is 6.12. The molecule has 0 radical (unpaired) electrons. The van der Waals surface area contributed by atoms with Crippen LogP contribution in [0, 0.1) is 5.92 Å². The molecule has 24 heavy (non-hydrogen) atoms. The normalized spacial score (nSPS) is 15.8. The molecule has 1 aromatic heterocycles. The molecule has 0 saturated heterocycles. The van der Waals surface area contributed by atoms with Crippen LogP contribution in [0.4, 0.5) is 0 Å². The van der Waals surface area contributed by atoms with Crippen LogP contribution in [0.3, 0.4) is 0 Å². The highest BCUT2D eigenvalue weighted by molar-refractivity contribution is 5.89. The zero-order valence-corrected chi connectivity index (χ0v) is 15.0. The smallest absolute Gasteiger partial charge is 0.355 e.